The van der Waals surface area contributed by atoms with Gasteiger partial charge in [-0.15, -0.1) is 10.2 Å². The normalized spacial score (nSPS) is 15.2. The smallest absolute Gasteiger partial charge is 0.233 e. The molecule has 6 heteroatoms. The van der Waals surface area contributed by atoms with Gasteiger partial charge in [0.05, 0.1) is 5.75 Å². The molecule has 5 nitrogen and oxygen atoms in total. The van der Waals surface area contributed by atoms with Crippen LogP contribution in [0.15, 0.2) is 29.4 Å². The SMILES string of the molecule is CCc1ccc(-n2c(C)nnc2SCC(=O)N2CCCCCC2)cc1. The van der Waals surface area contributed by atoms with Crippen molar-refractivity contribution in [3.63, 3.8) is 0 Å². The Labute approximate surface area is 153 Å². The Balaban J connectivity index is 1.69. The van der Waals surface area contributed by atoms with Crippen molar-refractivity contribution in [2.45, 2.75) is 51.1 Å². The van der Waals surface area contributed by atoms with Crippen LogP contribution in [0.2, 0.25) is 0 Å². The predicted molar refractivity (Wildman–Crippen MR) is 101 cm³/mol. The standard InChI is InChI=1S/C19H26N4OS/c1-3-16-8-10-17(11-9-16)23-15(2)20-21-19(23)25-14-18(24)22-12-6-4-5-7-13-22/h8-11H,3-7,12-14H2,1-2H3. The number of carbonyl (C=O) groups is 1. The number of amides is 1. The monoisotopic (exact) mass is 358 g/mol. The third-order valence-electron chi connectivity index (χ3n) is 4.68. The highest BCUT2D eigenvalue weighted by Gasteiger charge is 2.18. The first-order chi connectivity index (χ1) is 12.2. The minimum absolute atomic E-state index is 0.209. The van der Waals surface area contributed by atoms with E-state index in [9.17, 15) is 4.79 Å². The number of hydrogen-bond acceptors (Lipinski definition) is 4. The molecule has 1 fully saturated rings. The second-order valence-corrected chi connectivity index (χ2v) is 7.41. The molecule has 1 saturated heterocycles. The number of hydrogen-bond donors (Lipinski definition) is 0. The molecular formula is C19H26N4OS. The molecule has 0 aliphatic carbocycles. The van der Waals surface area contributed by atoms with Gasteiger partial charge in [0.15, 0.2) is 5.16 Å². The van der Waals surface area contributed by atoms with Crippen LogP contribution in [0, 0.1) is 6.92 Å². The van der Waals surface area contributed by atoms with Gasteiger partial charge in [0.25, 0.3) is 0 Å². The highest BCUT2D eigenvalue weighted by molar-refractivity contribution is 7.99. The fraction of sp³-hybridized carbons (Fsp3) is 0.526. The summed E-state index contributed by atoms with van der Waals surface area (Å²) in [6.07, 6.45) is 5.73. The number of nitrogens with zero attached hydrogens (tertiary/aromatic N) is 4. The second kappa shape index (κ2) is 8.52. The molecule has 0 saturated carbocycles. The Hall–Kier alpha value is -1.82. The van der Waals surface area contributed by atoms with Crippen molar-refractivity contribution >= 4 is 17.7 Å². The molecule has 2 heterocycles. The van der Waals surface area contributed by atoms with Gasteiger partial charge in [-0.25, -0.2) is 0 Å². The summed E-state index contributed by atoms with van der Waals surface area (Å²) in [6.45, 7) is 5.88. The van der Waals surface area contributed by atoms with Crippen LogP contribution in [-0.2, 0) is 11.2 Å². The molecule has 1 aliphatic rings. The molecule has 0 unspecified atom stereocenters. The first-order valence-corrected chi connectivity index (χ1v) is 10.1. The molecule has 0 radical (unpaired) electrons. The molecule has 1 aliphatic heterocycles. The molecule has 0 atom stereocenters. The van der Waals surface area contributed by atoms with E-state index < -0.39 is 0 Å². The van der Waals surface area contributed by atoms with E-state index in [1.54, 1.807) is 0 Å². The summed E-state index contributed by atoms with van der Waals surface area (Å²) in [4.78, 5) is 14.5. The highest BCUT2D eigenvalue weighted by atomic mass is 32.2. The lowest BCUT2D eigenvalue weighted by molar-refractivity contribution is -0.128. The van der Waals surface area contributed by atoms with Crippen molar-refractivity contribution in [1.29, 1.82) is 0 Å². The third-order valence-corrected chi connectivity index (χ3v) is 5.60. The minimum atomic E-state index is 0.209. The van der Waals surface area contributed by atoms with Crippen molar-refractivity contribution in [3.05, 3.63) is 35.7 Å². The quantitative estimate of drug-likeness (QED) is 0.766. The number of thioether (sulfide) groups is 1. The lowest BCUT2D eigenvalue weighted by Gasteiger charge is -2.19. The summed E-state index contributed by atoms with van der Waals surface area (Å²) >= 11 is 1.48. The number of likely N-dealkylation sites (tertiary alicyclic amines) is 1. The van der Waals surface area contributed by atoms with Gasteiger partial charge < -0.3 is 4.90 Å². The Bertz CT molecular complexity index is 703. The van der Waals surface area contributed by atoms with E-state index in [0.29, 0.717) is 5.75 Å². The summed E-state index contributed by atoms with van der Waals surface area (Å²) in [7, 11) is 0. The lowest BCUT2D eigenvalue weighted by Crippen LogP contribution is -2.33. The first-order valence-electron chi connectivity index (χ1n) is 9.11. The average Bonchev–Trinajstić information content (AvgIpc) is 2.84. The van der Waals surface area contributed by atoms with Crippen LogP contribution in [0.3, 0.4) is 0 Å². The Morgan fingerprint density at radius 1 is 1.08 bits per heavy atom. The predicted octanol–water partition coefficient (Wildman–Crippen LogP) is 3.63. The molecule has 1 aromatic carbocycles. The van der Waals surface area contributed by atoms with Gasteiger partial charge in [0.1, 0.15) is 5.82 Å². The maximum atomic E-state index is 12.5. The van der Waals surface area contributed by atoms with E-state index in [2.05, 4.69) is 41.4 Å². The summed E-state index contributed by atoms with van der Waals surface area (Å²) in [5, 5.41) is 9.27. The summed E-state index contributed by atoms with van der Waals surface area (Å²) in [5.41, 5.74) is 2.35. The molecule has 1 amide bonds. The number of carbonyl (C=O) groups excluding carboxylic acids is 1. The van der Waals surface area contributed by atoms with E-state index in [1.165, 1.54) is 30.2 Å². The topological polar surface area (TPSA) is 51.0 Å². The maximum absolute atomic E-state index is 12.5. The molecule has 25 heavy (non-hydrogen) atoms. The van der Waals surface area contributed by atoms with Crippen LogP contribution in [-0.4, -0.2) is 44.4 Å². The summed E-state index contributed by atoms with van der Waals surface area (Å²) in [6, 6.07) is 8.45. The van der Waals surface area contributed by atoms with E-state index in [-0.39, 0.29) is 5.91 Å². The Morgan fingerprint density at radius 3 is 2.40 bits per heavy atom. The van der Waals surface area contributed by atoms with Gasteiger partial charge in [-0.05, 0) is 43.9 Å². The van der Waals surface area contributed by atoms with Crippen molar-refractivity contribution in [2.75, 3.05) is 18.8 Å². The zero-order valence-electron chi connectivity index (χ0n) is 15.1. The average molecular weight is 359 g/mol. The van der Waals surface area contributed by atoms with Gasteiger partial charge in [-0.3, -0.25) is 9.36 Å². The van der Waals surface area contributed by atoms with E-state index in [0.717, 1.165) is 49.0 Å². The zero-order valence-corrected chi connectivity index (χ0v) is 15.9. The van der Waals surface area contributed by atoms with E-state index >= 15 is 0 Å². The van der Waals surface area contributed by atoms with Crippen LogP contribution in [0.1, 0.15) is 44.0 Å². The Kier molecular flexibility index (Phi) is 6.13. The summed E-state index contributed by atoms with van der Waals surface area (Å²) < 4.78 is 2.03. The van der Waals surface area contributed by atoms with Crippen molar-refractivity contribution in [2.24, 2.45) is 0 Å². The summed E-state index contributed by atoms with van der Waals surface area (Å²) in [5.74, 6) is 1.47. The molecular weight excluding hydrogens is 332 g/mol. The third kappa shape index (κ3) is 4.42. The minimum Gasteiger partial charge on any atom is -0.342 e. The largest absolute Gasteiger partial charge is 0.342 e. The molecule has 1 aromatic heterocycles. The fourth-order valence-electron chi connectivity index (χ4n) is 3.15. The molecule has 0 bridgehead atoms. The fourth-order valence-corrected chi connectivity index (χ4v) is 4.05. The van der Waals surface area contributed by atoms with Gasteiger partial charge in [-0.1, -0.05) is 43.7 Å². The molecule has 3 rings (SSSR count). The maximum Gasteiger partial charge on any atom is 0.233 e. The van der Waals surface area contributed by atoms with Gasteiger partial charge in [0.2, 0.25) is 5.91 Å². The second-order valence-electron chi connectivity index (χ2n) is 6.47. The lowest BCUT2D eigenvalue weighted by atomic mass is 10.1. The number of benzene rings is 1. The van der Waals surface area contributed by atoms with Gasteiger partial charge in [0, 0.05) is 18.8 Å². The number of aryl methyl sites for hydroxylation is 2. The molecule has 0 spiro atoms. The van der Waals surface area contributed by atoms with Gasteiger partial charge in [-0.2, -0.15) is 0 Å². The van der Waals surface area contributed by atoms with Crippen molar-refractivity contribution < 1.29 is 4.79 Å². The zero-order chi connectivity index (χ0) is 17.6. The molecule has 134 valence electrons. The number of aromatic nitrogens is 3. The van der Waals surface area contributed by atoms with Crippen LogP contribution in [0.4, 0.5) is 0 Å². The van der Waals surface area contributed by atoms with Crippen LogP contribution in [0.5, 0.6) is 0 Å². The van der Waals surface area contributed by atoms with Gasteiger partial charge >= 0.3 is 0 Å². The van der Waals surface area contributed by atoms with Crippen LogP contribution in [0.25, 0.3) is 5.69 Å². The molecule has 2 aromatic rings. The van der Waals surface area contributed by atoms with Crippen LogP contribution < -0.4 is 0 Å². The van der Waals surface area contributed by atoms with E-state index in [1.807, 2.05) is 16.4 Å². The number of rotatable bonds is 5. The Morgan fingerprint density at radius 2 is 1.76 bits per heavy atom. The first kappa shape index (κ1) is 18.0. The molecule has 0 N–H and O–H groups in total. The van der Waals surface area contributed by atoms with Crippen molar-refractivity contribution in [3.8, 4) is 5.69 Å². The highest BCUT2D eigenvalue weighted by Crippen LogP contribution is 2.23. The van der Waals surface area contributed by atoms with E-state index in [4.69, 9.17) is 0 Å². The van der Waals surface area contributed by atoms with Crippen LogP contribution >= 0.6 is 11.8 Å². The van der Waals surface area contributed by atoms with Crippen molar-refractivity contribution in [1.82, 2.24) is 19.7 Å².